The van der Waals surface area contributed by atoms with Crippen LogP contribution in [0.1, 0.15) is 6.42 Å². The molecule has 0 aliphatic carbocycles. The van der Waals surface area contributed by atoms with Gasteiger partial charge in [-0.25, -0.2) is 5.01 Å². The minimum Gasteiger partial charge on any atom is -0.304 e. The van der Waals surface area contributed by atoms with Crippen molar-refractivity contribution in [2.75, 3.05) is 39.8 Å². The number of halogens is 3. The Balaban J connectivity index is 2.08. The molecule has 0 saturated carbocycles. The number of likely N-dealkylation sites (N-methyl/N-ethyl adjacent to an activating group) is 1. The predicted octanol–water partition coefficient (Wildman–Crippen LogP) is 0.691. The van der Waals surface area contributed by atoms with Gasteiger partial charge in [-0.3, -0.25) is 5.43 Å². The average molecular weight is 211 g/mol. The summed E-state index contributed by atoms with van der Waals surface area (Å²) in [7, 11) is 2.01. The highest BCUT2D eigenvalue weighted by molar-refractivity contribution is 4.66. The molecule has 1 fully saturated rings. The van der Waals surface area contributed by atoms with Crippen molar-refractivity contribution < 1.29 is 13.2 Å². The Kier molecular flexibility index (Phi) is 4.15. The van der Waals surface area contributed by atoms with Gasteiger partial charge in [0.1, 0.15) is 0 Å². The largest absolute Gasteiger partial charge is 0.390 e. The van der Waals surface area contributed by atoms with Crippen molar-refractivity contribution in [1.29, 1.82) is 0 Å². The molecule has 3 nitrogen and oxygen atoms in total. The van der Waals surface area contributed by atoms with Crippen LogP contribution in [0.3, 0.4) is 0 Å². The standard InChI is InChI=1S/C8H16F3N3/c1-13-4-6-14(7-5-13)12-3-2-8(9,10)11/h12H,2-7H2,1H3. The van der Waals surface area contributed by atoms with Gasteiger partial charge in [0.2, 0.25) is 0 Å². The van der Waals surface area contributed by atoms with Crippen LogP contribution in [0.15, 0.2) is 0 Å². The van der Waals surface area contributed by atoms with E-state index in [0.717, 1.165) is 26.2 Å². The van der Waals surface area contributed by atoms with Crippen LogP contribution in [0.2, 0.25) is 0 Å². The first-order valence-electron chi connectivity index (χ1n) is 4.71. The number of hydrogen-bond acceptors (Lipinski definition) is 3. The van der Waals surface area contributed by atoms with Crippen LogP contribution < -0.4 is 5.43 Å². The Morgan fingerprint density at radius 1 is 1.14 bits per heavy atom. The zero-order valence-electron chi connectivity index (χ0n) is 8.27. The van der Waals surface area contributed by atoms with E-state index in [1.54, 1.807) is 0 Å². The molecule has 0 spiro atoms. The number of rotatable bonds is 3. The molecule has 0 aromatic heterocycles. The number of alkyl halides is 3. The zero-order valence-corrected chi connectivity index (χ0v) is 8.27. The minimum atomic E-state index is -4.06. The Morgan fingerprint density at radius 2 is 1.71 bits per heavy atom. The van der Waals surface area contributed by atoms with Crippen molar-refractivity contribution in [2.24, 2.45) is 0 Å². The van der Waals surface area contributed by atoms with Crippen LogP contribution >= 0.6 is 0 Å². The molecule has 1 saturated heterocycles. The highest BCUT2D eigenvalue weighted by atomic mass is 19.4. The lowest BCUT2D eigenvalue weighted by Crippen LogP contribution is -2.51. The molecule has 84 valence electrons. The summed E-state index contributed by atoms with van der Waals surface area (Å²) in [5.41, 5.74) is 2.79. The van der Waals surface area contributed by atoms with E-state index in [9.17, 15) is 13.2 Å². The highest BCUT2D eigenvalue weighted by Crippen LogP contribution is 2.18. The van der Waals surface area contributed by atoms with Gasteiger partial charge >= 0.3 is 6.18 Å². The van der Waals surface area contributed by atoms with E-state index in [2.05, 4.69) is 10.3 Å². The SMILES string of the molecule is CN1CCN(NCCC(F)(F)F)CC1. The van der Waals surface area contributed by atoms with E-state index in [0.29, 0.717) is 0 Å². The Morgan fingerprint density at radius 3 is 2.21 bits per heavy atom. The lowest BCUT2D eigenvalue weighted by molar-refractivity contribution is -0.135. The van der Waals surface area contributed by atoms with Crippen LogP contribution in [-0.2, 0) is 0 Å². The van der Waals surface area contributed by atoms with Crippen molar-refractivity contribution in [2.45, 2.75) is 12.6 Å². The molecule has 1 rings (SSSR count). The molecule has 1 N–H and O–H groups in total. The summed E-state index contributed by atoms with van der Waals surface area (Å²) >= 11 is 0. The minimum absolute atomic E-state index is 0.0206. The summed E-state index contributed by atoms with van der Waals surface area (Å²) < 4.78 is 35.4. The van der Waals surface area contributed by atoms with Crippen molar-refractivity contribution >= 4 is 0 Å². The summed E-state index contributed by atoms with van der Waals surface area (Å²) in [6.07, 6.45) is -4.82. The maximum Gasteiger partial charge on any atom is 0.390 e. The summed E-state index contributed by atoms with van der Waals surface area (Å²) in [5, 5.41) is 1.85. The van der Waals surface area contributed by atoms with Gasteiger partial charge in [0.25, 0.3) is 0 Å². The quantitative estimate of drug-likeness (QED) is 0.741. The fourth-order valence-electron chi connectivity index (χ4n) is 1.32. The van der Waals surface area contributed by atoms with Crippen molar-refractivity contribution in [3.05, 3.63) is 0 Å². The smallest absolute Gasteiger partial charge is 0.304 e. The molecule has 1 heterocycles. The molecule has 0 radical (unpaired) electrons. The normalized spacial score (nSPS) is 21.4. The Labute approximate surface area is 81.8 Å². The second-order valence-corrected chi connectivity index (χ2v) is 3.56. The second kappa shape index (κ2) is 4.95. The lowest BCUT2D eigenvalue weighted by Gasteiger charge is -2.32. The molecular formula is C8H16F3N3. The molecule has 0 aromatic rings. The van der Waals surface area contributed by atoms with Gasteiger partial charge in [0, 0.05) is 32.7 Å². The van der Waals surface area contributed by atoms with Gasteiger partial charge < -0.3 is 4.90 Å². The van der Waals surface area contributed by atoms with E-state index < -0.39 is 12.6 Å². The van der Waals surface area contributed by atoms with E-state index in [-0.39, 0.29) is 6.54 Å². The molecule has 0 amide bonds. The fourth-order valence-corrected chi connectivity index (χ4v) is 1.32. The number of piperazine rings is 1. The van der Waals surface area contributed by atoms with Gasteiger partial charge in [0.05, 0.1) is 6.42 Å². The van der Waals surface area contributed by atoms with Crippen molar-refractivity contribution in [3.8, 4) is 0 Å². The maximum atomic E-state index is 11.8. The first kappa shape index (κ1) is 11.7. The predicted molar refractivity (Wildman–Crippen MR) is 47.7 cm³/mol. The third-order valence-electron chi connectivity index (χ3n) is 2.25. The number of hydrogen-bond donors (Lipinski definition) is 1. The lowest BCUT2D eigenvalue weighted by atomic mass is 10.4. The molecule has 0 aromatic carbocycles. The molecule has 1 aliphatic rings. The van der Waals surface area contributed by atoms with Gasteiger partial charge in [-0.1, -0.05) is 0 Å². The van der Waals surface area contributed by atoms with E-state index in [4.69, 9.17) is 0 Å². The zero-order chi connectivity index (χ0) is 10.6. The van der Waals surface area contributed by atoms with Gasteiger partial charge in [-0.15, -0.1) is 0 Å². The topological polar surface area (TPSA) is 18.5 Å². The molecule has 6 heteroatoms. The number of nitrogens with zero attached hydrogens (tertiary/aromatic N) is 2. The van der Waals surface area contributed by atoms with Gasteiger partial charge in [-0.05, 0) is 7.05 Å². The monoisotopic (exact) mass is 211 g/mol. The maximum absolute atomic E-state index is 11.8. The van der Waals surface area contributed by atoms with Crippen LogP contribution in [0.25, 0.3) is 0 Å². The first-order valence-corrected chi connectivity index (χ1v) is 4.71. The van der Waals surface area contributed by atoms with E-state index in [1.807, 2.05) is 12.1 Å². The molecule has 0 atom stereocenters. The van der Waals surface area contributed by atoms with Gasteiger partial charge in [-0.2, -0.15) is 13.2 Å². The summed E-state index contributed by atoms with van der Waals surface area (Å²) in [5.74, 6) is 0. The third-order valence-corrected chi connectivity index (χ3v) is 2.25. The first-order chi connectivity index (χ1) is 6.47. The molecule has 1 aliphatic heterocycles. The van der Waals surface area contributed by atoms with Crippen molar-refractivity contribution in [1.82, 2.24) is 15.3 Å². The van der Waals surface area contributed by atoms with Crippen molar-refractivity contribution in [3.63, 3.8) is 0 Å². The van der Waals surface area contributed by atoms with E-state index >= 15 is 0 Å². The third kappa shape index (κ3) is 4.78. The van der Waals surface area contributed by atoms with Crippen LogP contribution in [-0.4, -0.2) is 55.9 Å². The Hall–Kier alpha value is -0.330. The van der Waals surface area contributed by atoms with Gasteiger partial charge in [0.15, 0.2) is 0 Å². The second-order valence-electron chi connectivity index (χ2n) is 3.56. The van der Waals surface area contributed by atoms with Crippen LogP contribution in [0.5, 0.6) is 0 Å². The van der Waals surface area contributed by atoms with E-state index in [1.165, 1.54) is 0 Å². The van der Waals surface area contributed by atoms with Crippen LogP contribution in [0.4, 0.5) is 13.2 Å². The summed E-state index contributed by atoms with van der Waals surface area (Å²) in [6, 6.07) is 0. The highest BCUT2D eigenvalue weighted by Gasteiger charge is 2.26. The number of nitrogens with one attached hydrogen (secondary N) is 1. The summed E-state index contributed by atoms with van der Waals surface area (Å²) in [6.45, 7) is 3.36. The molecule has 0 bridgehead atoms. The van der Waals surface area contributed by atoms with Crippen LogP contribution in [0, 0.1) is 0 Å². The molecular weight excluding hydrogens is 195 g/mol. The molecule has 14 heavy (non-hydrogen) atoms. The Bertz CT molecular complexity index is 164. The summed E-state index contributed by atoms with van der Waals surface area (Å²) in [4.78, 5) is 2.15. The molecule has 0 unspecified atom stereocenters. The average Bonchev–Trinajstić information content (AvgIpc) is 2.06. The number of hydrazine groups is 1. The fraction of sp³-hybridized carbons (Fsp3) is 1.00.